The molecular formula is C34H26N4O9. The molecule has 0 radical (unpaired) electrons. The zero-order valence-electron chi connectivity index (χ0n) is 24.7. The summed E-state index contributed by atoms with van der Waals surface area (Å²) < 4.78 is 28.1. The number of nitrogens with zero attached hydrogens (tertiary/aromatic N) is 4. The SMILES string of the molecule is O=[N+]([O-])c1cccc(COc2ccc(-c3cc(COCc4cc(-c5ccc(OCc6cccc([N+](=O)[O-])c6)cc5)no4)on3)cc2)c1. The van der Waals surface area contributed by atoms with Crippen molar-refractivity contribution in [2.45, 2.75) is 26.4 Å². The maximum absolute atomic E-state index is 11.0. The summed E-state index contributed by atoms with van der Waals surface area (Å²) in [5.74, 6) is 2.29. The average molecular weight is 635 g/mol. The molecule has 13 nitrogen and oxygen atoms in total. The minimum atomic E-state index is -0.436. The third kappa shape index (κ3) is 8.04. The van der Waals surface area contributed by atoms with Gasteiger partial charge in [0.1, 0.15) is 49.3 Å². The van der Waals surface area contributed by atoms with Crippen molar-refractivity contribution in [3.63, 3.8) is 0 Å². The Kier molecular flexibility index (Phi) is 9.25. The van der Waals surface area contributed by atoms with Gasteiger partial charge in [-0.3, -0.25) is 20.2 Å². The lowest BCUT2D eigenvalue weighted by molar-refractivity contribution is -0.385. The van der Waals surface area contributed by atoms with Gasteiger partial charge in [0.15, 0.2) is 11.5 Å². The summed E-state index contributed by atoms with van der Waals surface area (Å²) in [5, 5.41) is 30.2. The smallest absolute Gasteiger partial charge is 0.269 e. The van der Waals surface area contributed by atoms with Crippen molar-refractivity contribution < 1.29 is 33.1 Å². The van der Waals surface area contributed by atoms with E-state index in [9.17, 15) is 20.2 Å². The monoisotopic (exact) mass is 634 g/mol. The first-order valence-electron chi connectivity index (χ1n) is 14.3. The molecule has 0 aliphatic heterocycles. The van der Waals surface area contributed by atoms with Crippen LogP contribution in [-0.2, 0) is 31.2 Å². The Morgan fingerprint density at radius 2 is 0.979 bits per heavy atom. The van der Waals surface area contributed by atoms with Gasteiger partial charge in [-0.1, -0.05) is 34.6 Å². The zero-order valence-corrected chi connectivity index (χ0v) is 24.7. The van der Waals surface area contributed by atoms with Gasteiger partial charge in [-0.05, 0) is 59.7 Å². The van der Waals surface area contributed by atoms with Gasteiger partial charge in [-0.2, -0.15) is 0 Å². The Balaban J connectivity index is 0.958. The van der Waals surface area contributed by atoms with Gasteiger partial charge in [0.05, 0.1) is 9.85 Å². The third-order valence-electron chi connectivity index (χ3n) is 6.96. The summed E-state index contributed by atoms with van der Waals surface area (Å²) >= 11 is 0. The average Bonchev–Trinajstić information content (AvgIpc) is 3.78. The molecule has 0 aliphatic rings. The lowest BCUT2D eigenvalue weighted by atomic mass is 10.1. The molecule has 0 saturated heterocycles. The molecule has 47 heavy (non-hydrogen) atoms. The second kappa shape index (κ2) is 14.2. The van der Waals surface area contributed by atoms with Crippen LogP contribution in [0.3, 0.4) is 0 Å². The maximum Gasteiger partial charge on any atom is 0.269 e. The lowest BCUT2D eigenvalue weighted by Crippen LogP contribution is -1.96. The molecular weight excluding hydrogens is 608 g/mol. The second-order valence-corrected chi connectivity index (χ2v) is 10.3. The molecule has 2 heterocycles. The van der Waals surface area contributed by atoms with E-state index in [2.05, 4.69) is 10.3 Å². The van der Waals surface area contributed by atoms with Crippen LogP contribution in [0, 0.1) is 20.2 Å². The molecule has 6 aromatic rings. The lowest BCUT2D eigenvalue weighted by Gasteiger charge is -2.06. The summed E-state index contributed by atoms with van der Waals surface area (Å²) in [5.41, 5.74) is 4.35. The van der Waals surface area contributed by atoms with E-state index in [-0.39, 0.29) is 37.8 Å². The highest BCUT2D eigenvalue weighted by atomic mass is 16.6. The maximum atomic E-state index is 11.0. The highest BCUT2D eigenvalue weighted by Gasteiger charge is 2.12. The summed E-state index contributed by atoms with van der Waals surface area (Å²) in [6.45, 7) is 0.744. The van der Waals surface area contributed by atoms with Crippen molar-refractivity contribution in [1.82, 2.24) is 10.3 Å². The van der Waals surface area contributed by atoms with Crippen LogP contribution in [0.1, 0.15) is 22.6 Å². The molecule has 13 heteroatoms. The van der Waals surface area contributed by atoms with E-state index in [0.29, 0.717) is 45.5 Å². The van der Waals surface area contributed by atoms with E-state index < -0.39 is 9.85 Å². The fourth-order valence-electron chi connectivity index (χ4n) is 4.58. The number of nitro benzene ring substituents is 2. The van der Waals surface area contributed by atoms with Crippen LogP contribution in [0.4, 0.5) is 11.4 Å². The Bertz CT molecular complexity index is 1840. The van der Waals surface area contributed by atoms with E-state index in [1.54, 1.807) is 60.7 Å². The van der Waals surface area contributed by atoms with Crippen LogP contribution in [0.5, 0.6) is 11.5 Å². The van der Waals surface area contributed by atoms with Crippen LogP contribution in [0.25, 0.3) is 22.5 Å². The van der Waals surface area contributed by atoms with Gasteiger partial charge in [0, 0.05) is 47.5 Å². The molecule has 0 aliphatic carbocycles. The minimum absolute atomic E-state index is 0.0196. The number of non-ortho nitro benzene ring substituents is 2. The van der Waals surface area contributed by atoms with Crippen molar-refractivity contribution in [1.29, 1.82) is 0 Å². The van der Waals surface area contributed by atoms with E-state index in [0.717, 1.165) is 11.1 Å². The van der Waals surface area contributed by atoms with Crippen molar-refractivity contribution in [2.24, 2.45) is 0 Å². The number of rotatable bonds is 14. The largest absolute Gasteiger partial charge is 0.489 e. The van der Waals surface area contributed by atoms with Crippen LogP contribution in [0.15, 0.2) is 118 Å². The van der Waals surface area contributed by atoms with Gasteiger partial charge in [-0.25, -0.2) is 0 Å². The van der Waals surface area contributed by atoms with E-state index in [1.165, 1.54) is 24.3 Å². The fourth-order valence-corrected chi connectivity index (χ4v) is 4.58. The number of nitro groups is 2. The third-order valence-corrected chi connectivity index (χ3v) is 6.96. The van der Waals surface area contributed by atoms with Crippen LogP contribution in [-0.4, -0.2) is 20.2 Å². The first-order chi connectivity index (χ1) is 22.9. The predicted octanol–water partition coefficient (Wildman–Crippen LogP) is 7.69. The molecule has 0 spiro atoms. The standard InChI is InChI=1S/C34H26N4O9/c39-37(40)27-5-1-3-23(15-27)19-44-29-11-7-25(8-12-29)33-17-31(46-35-33)21-43-22-32-18-34(36-47-32)26-9-13-30(14-10-26)45-20-24-4-2-6-28(16-24)38(41)42/h1-18H,19-22H2. The summed E-state index contributed by atoms with van der Waals surface area (Å²) in [7, 11) is 0. The van der Waals surface area contributed by atoms with Crippen LogP contribution in [0.2, 0.25) is 0 Å². The summed E-state index contributed by atoms with van der Waals surface area (Å²) in [4.78, 5) is 21.1. The van der Waals surface area contributed by atoms with Gasteiger partial charge in [0.25, 0.3) is 11.4 Å². The van der Waals surface area contributed by atoms with Gasteiger partial charge in [-0.15, -0.1) is 0 Å². The minimum Gasteiger partial charge on any atom is -0.489 e. The number of aromatic nitrogens is 2. The van der Waals surface area contributed by atoms with Gasteiger partial charge in [0.2, 0.25) is 0 Å². The molecule has 4 aromatic carbocycles. The molecule has 0 amide bonds. The Hall–Kier alpha value is -6.34. The molecule has 0 fully saturated rings. The second-order valence-electron chi connectivity index (χ2n) is 10.3. The topological polar surface area (TPSA) is 166 Å². The molecule has 0 saturated carbocycles. The molecule has 6 rings (SSSR count). The van der Waals surface area contributed by atoms with Crippen LogP contribution < -0.4 is 9.47 Å². The Morgan fingerprint density at radius 3 is 1.38 bits per heavy atom. The van der Waals surface area contributed by atoms with Crippen LogP contribution >= 0.6 is 0 Å². The Morgan fingerprint density at radius 1 is 0.553 bits per heavy atom. The van der Waals surface area contributed by atoms with Crippen molar-refractivity contribution in [2.75, 3.05) is 0 Å². The molecule has 0 atom stereocenters. The zero-order chi connectivity index (χ0) is 32.6. The molecule has 2 aromatic heterocycles. The number of hydrogen-bond donors (Lipinski definition) is 0. The van der Waals surface area contributed by atoms with E-state index in [1.807, 2.05) is 24.3 Å². The first kappa shape index (κ1) is 30.7. The van der Waals surface area contributed by atoms with Crippen molar-refractivity contribution >= 4 is 11.4 Å². The quantitative estimate of drug-likeness (QED) is 0.0851. The normalized spacial score (nSPS) is 10.9. The molecule has 236 valence electrons. The number of benzene rings is 4. The van der Waals surface area contributed by atoms with E-state index in [4.69, 9.17) is 23.3 Å². The van der Waals surface area contributed by atoms with Crippen molar-refractivity contribution in [3.05, 3.63) is 152 Å². The highest BCUT2D eigenvalue weighted by Crippen LogP contribution is 2.26. The van der Waals surface area contributed by atoms with Gasteiger partial charge < -0.3 is 23.3 Å². The molecule has 0 bridgehead atoms. The number of hydrogen-bond acceptors (Lipinski definition) is 11. The van der Waals surface area contributed by atoms with Crippen molar-refractivity contribution in [3.8, 4) is 34.0 Å². The number of ether oxygens (including phenoxy) is 3. The predicted molar refractivity (Wildman–Crippen MR) is 167 cm³/mol. The van der Waals surface area contributed by atoms with Gasteiger partial charge >= 0.3 is 0 Å². The van der Waals surface area contributed by atoms with E-state index >= 15 is 0 Å². The molecule has 0 unspecified atom stereocenters. The Labute approximate surface area is 267 Å². The fraction of sp³-hybridized carbons (Fsp3) is 0.118. The summed E-state index contributed by atoms with van der Waals surface area (Å²) in [6, 6.07) is 30.8. The highest BCUT2D eigenvalue weighted by molar-refractivity contribution is 5.60. The first-order valence-corrected chi connectivity index (χ1v) is 14.3. The molecule has 0 N–H and O–H groups in total. The summed E-state index contributed by atoms with van der Waals surface area (Å²) in [6.07, 6.45) is 0.